The summed E-state index contributed by atoms with van der Waals surface area (Å²) in [5.74, 6) is 5.71. The summed E-state index contributed by atoms with van der Waals surface area (Å²) in [4.78, 5) is 0. The lowest BCUT2D eigenvalue weighted by Gasteiger charge is -1.96. The van der Waals surface area contributed by atoms with Crippen molar-refractivity contribution in [3.63, 3.8) is 0 Å². The van der Waals surface area contributed by atoms with Crippen LogP contribution in [0.1, 0.15) is 0 Å². The summed E-state index contributed by atoms with van der Waals surface area (Å²) in [6, 6.07) is 4.61. The van der Waals surface area contributed by atoms with E-state index in [1.807, 2.05) is 0 Å². The Balaban J connectivity index is 2.47. The van der Waals surface area contributed by atoms with Crippen molar-refractivity contribution < 1.29 is 4.39 Å². The minimum atomic E-state index is -0.253. The van der Waals surface area contributed by atoms with E-state index in [1.165, 1.54) is 12.1 Å². The second-order valence-electron chi connectivity index (χ2n) is 3.10. The maximum absolute atomic E-state index is 13.0. The molecule has 2 rings (SSSR count). The van der Waals surface area contributed by atoms with Gasteiger partial charge in [-0.3, -0.25) is 4.68 Å². The molecule has 2 nitrogen and oxygen atoms in total. The normalized spacial score (nSPS) is 10.2. The first-order chi connectivity index (χ1) is 7.72. The van der Waals surface area contributed by atoms with E-state index in [4.69, 9.17) is 11.6 Å². The average molecular weight is 349 g/mol. The molecule has 0 saturated heterocycles. The number of benzene rings is 1. The molecule has 0 spiro atoms. The molecule has 0 saturated carbocycles. The molecule has 1 heterocycles. The summed E-state index contributed by atoms with van der Waals surface area (Å²) in [5, 5.41) is 5.11. The van der Waals surface area contributed by atoms with E-state index < -0.39 is 0 Å². The Morgan fingerprint density at radius 3 is 3.00 bits per heavy atom. The van der Waals surface area contributed by atoms with Crippen LogP contribution in [0.25, 0.3) is 10.9 Å². The molecule has 82 valence electrons. The highest BCUT2D eigenvalue weighted by Gasteiger charge is 2.07. The number of alkyl halides is 1. The molecule has 0 bridgehead atoms. The molecular formula is C11H7ClFIN2. The quantitative estimate of drug-likeness (QED) is 0.440. The Morgan fingerprint density at radius 1 is 1.44 bits per heavy atom. The van der Waals surface area contributed by atoms with Gasteiger partial charge in [0.2, 0.25) is 0 Å². The van der Waals surface area contributed by atoms with Gasteiger partial charge in [0.1, 0.15) is 16.1 Å². The van der Waals surface area contributed by atoms with E-state index >= 15 is 0 Å². The molecule has 2 aromatic rings. The standard InChI is InChI=1S/C11H7ClFIN2/c12-5-1-2-6-16-10-4-3-8(13)7-9(10)11(14)15-16/h3-4,7H,5-6H2. The zero-order valence-electron chi connectivity index (χ0n) is 8.17. The van der Waals surface area contributed by atoms with Gasteiger partial charge in [-0.15, -0.1) is 11.6 Å². The monoisotopic (exact) mass is 348 g/mol. The lowest BCUT2D eigenvalue weighted by atomic mass is 10.2. The minimum Gasteiger partial charge on any atom is -0.252 e. The molecule has 0 atom stereocenters. The van der Waals surface area contributed by atoms with Crippen LogP contribution in [0.3, 0.4) is 0 Å². The van der Waals surface area contributed by atoms with Gasteiger partial charge in [-0.1, -0.05) is 11.8 Å². The lowest BCUT2D eigenvalue weighted by Crippen LogP contribution is -1.97. The highest BCUT2D eigenvalue weighted by molar-refractivity contribution is 14.1. The van der Waals surface area contributed by atoms with Crippen LogP contribution in [0.4, 0.5) is 4.39 Å². The zero-order valence-corrected chi connectivity index (χ0v) is 11.1. The van der Waals surface area contributed by atoms with E-state index in [2.05, 4.69) is 39.5 Å². The third kappa shape index (κ3) is 2.30. The van der Waals surface area contributed by atoms with Crippen molar-refractivity contribution in [2.45, 2.75) is 6.54 Å². The SMILES string of the molecule is Fc1ccc2c(c1)c(I)nn2CC#CCCl. The van der Waals surface area contributed by atoms with Crippen LogP contribution in [-0.4, -0.2) is 15.7 Å². The summed E-state index contributed by atoms with van der Waals surface area (Å²) in [6.07, 6.45) is 0. The van der Waals surface area contributed by atoms with E-state index in [-0.39, 0.29) is 5.82 Å². The maximum Gasteiger partial charge on any atom is 0.131 e. The van der Waals surface area contributed by atoms with Gasteiger partial charge in [0.15, 0.2) is 0 Å². The van der Waals surface area contributed by atoms with Gasteiger partial charge >= 0.3 is 0 Å². The van der Waals surface area contributed by atoms with Gasteiger partial charge in [0, 0.05) is 5.39 Å². The van der Waals surface area contributed by atoms with Gasteiger partial charge in [-0.2, -0.15) is 5.10 Å². The Morgan fingerprint density at radius 2 is 2.25 bits per heavy atom. The molecule has 0 N–H and O–H groups in total. The summed E-state index contributed by atoms with van der Waals surface area (Å²) in [7, 11) is 0. The lowest BCUT2D eigenvalue weighted by molar-refractivity contribution is 0.629. The van der Waals surface area contributed by atoms with Crippen LogP contribution >= 0.6 is 34.2 Å². The van der Waals surface area contributed by atoms with Crippen molar-refractivity contribution in [3.05, 3.63) is 27.7 Å². The Kier molecular flexibility index (Phi) is 3.66. The molecule has 0 radical (unpaired) electrons. The van der Waals surface area contributed by atoms with Gasteiger partial charge in [0.05, 0.1) is 11.4 Å². The summed E-state index contributed by atoms with van der Waals surface area (Å²) >= 11 is 7.54. The smallest absolute Gasteiger partial charge is 0.131 e. The van der Waals surface area contributed by atoms with Crippen molar-refractivity contribution in [1.82, 2.24) is 9.78 Å². The first-order valence-electron chi connectivity index (χ1n) is 4.55. The molecular weight excluding hydrogens is 341 g/mol. The average Bonchev–Trinajstić information content (AvgIpc) is 2.56. The molecule has 5 heteroatoms. The molecule has 0 amide bonds. The maximum atomic E-state index is 13.0. The number of fused-ring (bicyclic) bond motifs is 1. The van der Waals surface area contributed by atoms with Crippen molar-refractivity contribution in [2.75, 3.05) is 5.88 Å². The molecule has 0 aliphatic heterocycles. The summed E-state index contributed by atoms with van der Waals surface area (Å²) in [6.45, 7) is 0.470. The van der Waals surface area contributed by atoms with Crippen LogP contribution in [0.15, 0.2) is 18.2 Å². The van der Waals surface area contributed by atoms with E-state index in [0.29, 0.717) is 12.4 Å². The number of halogens is 3. The number of hydrogen-bond donors (Lipinski definition) is 0. The van der Waals surface area contributed by atoms with Crippen LogP contribution in [0, 0.1) is 21.4 Å². The van der Waals surface area contributed by atoms with Crippen LogP contribution in [0.5, 0.6) is 0 Å². The molecule has 1 aromatic carbocycles. The van der Waals surface area contributed by atoms with Crippen molar-refractivity contribution in [3.8, 4) is 11.8 Å². The zero-order chi connectivity index (χ0) is 11.5. The fraction of sp³-hybridized carbons (Fsp3) is 0.182. The highest BCUT2D eigenvalue weighted by atomic mass is 127. The van der Waals surface area contributed by atoms with Gasteiger partial charge < -0.3 is 0 Å². The molecule has 0 aliphatic rings. The van der Waals surface area contributed by atoms with E-state index in [0.717, 1.165) is 14.6 Å². The fourth-order valence-corrected chi connectivity index (χ4v) is 2.20. The third-order valence-corrected chi connectivity index (χ3v) is 3.02. The number of aromatic nitrogens is 2. The summed E-state index contributed by atoms with van der Waals surface area (Å²) < 4.78 is 15.6. The Bertz CT molecular complexity index is 583. The Labute approximate surface area is 111 Å². The second-order valence-corrected chi connectivity index (χ2v) is 4.39. The topological polar surface area (TPSA) is 17.8 Å². The molecule has 0 fully saturated rings. The molecule has 16 heavy (non-hydrogen) atoms. The minimum absolute atomic E-state index is 0.253. The van der Waals surface area contributed by atoms with Gasteiger partial charge in [0.25, 0.3) is 0 Å². The number of rotatable bonds is 1. The van der Waals surface area contributed by atoms with Crippen LogP contribution in [0.2, 0.25) is 0 Å². The predicted molar refractivity (Wildman–Crippen MR) is 70.9 cm³/mol. The third-order valence-electron chi connectivity index (χ3n) is 2.09. The van der Waals surface area contributed by atoms with E-state index in [9.17, 15) is 4.39 Å². The molecule has 0 unspecified atom stereocenters. The molecule has 0 aliphatic carbocycles. The largest absolute Gasteiger partial charge is 0.252 e. The Hall–Kier alpha value is -0.800. The summed E-state index contributed by atoms with van der Waals surface area (Å²) in [5.41, 5.74) is 0.884. The number of hydrogen-bond acceptors (Lipinski definition) is 1. The number of nitrogens with zero attached hydrogens (tertiary/aromatic N) is 2. The van der Waals surface area contributed by atoms with Gasteiger partial charge in [-0.25, -0.2) is 4.39 Å². The van der Waals surface area contributed by atoms with Gasteiger partial charge in [-0.05, 0) is 40.8 Å². The first-order valence-corrected chi connectivity index (χ1v) is 6.17. The van der Waals surface area contributed by atoms with Crippen molar-refractivity contribution in [1.29, 1.82) is 0 Å². The van der Waals surface area contributed by atoms with Crippen LogP contribution in [-0.2, 0) is 6.54 Å². The van der Waals surface area contributed by atoms with Crippen molar-refractivity contribution >= 4 is 45.1 Å². The highest BCUT2D eigenvalue weighted by Crippen LogP contribution is 2.20. The van der Waals surface area contributed by atoms with Crippen LogP contribution < -0.4 is 0 Å². The molecule has 1 aromatic heterocycles. The first kappa shape index (κ1) is 11.7. The van der Waals surface area contributed by atoms with Crippen molar-refractivity contribution in [2.24, 2.45) is 0 Å². The predicted octanol–water partition coefficient (Wildman–Crippen LogP) is 3.02. The van der Waals surface area contributed by atoms with E-state index in [1.54, 1.807) is 10.7 Å². The fourth-order valence-electron chi connectivity index (χ4n) is 1.41. The second kappa shape index (κ2) is 5.02.